The van der Waals surface area contributed by atoms with Gasteiger partial charge in [0.15, 0.2) is 0 Å². The van der Waals surface area contributed by atoms with Crippen molar-refractivity contribution < 1.29 is 13.2 Å². The molecule has 1 amide bonds. The van der Waals surface area contributed by atoms with Gasteiger partial charge in [-0.3, -0.25) is 9.10 Å². The molecule has 0 radical (unpaired) electrons. The molecule has 0 atom stereocenters. The topological polar surface area (TPSA) is 80.5 Å². The molecule has 0 aliphatic heterocycles. The van der Waals surface area contributed by atoms with Crippen LogP contribution in [0, 0.1) is 13.8 Å². The maximum atomic E-state index is 11.9. The van der Waals surface area contributed by atoms with Crippen LogP contribution in [0.5, 0.6) is 0 Å². The number of primary amides is 1. The Bertz CT molecular complexity index is 567. The predicted octanol–water partition coefficient (Wildman–Crippen LogP) is 1.33. The number of hydrogen-bond donors (Lipinski definition) is 1. The molecule has 19 heavy (non-hydrogen) atoms. The van der Waals surface area contributed by atoms with Crippen LogP contribution in [0.4, 0.5) is 5.69 Å². The molecule has 6 heteroatoms. The van der Waals surface area contributed by atoms with Gasteiger partial charge in [-0.25, -0.2) is 8.42 Å². The van der Waals surface area contributed by atoms with Gasteiger partial charge in [0.1, 0.15) is 0 Å². The molecule has 106 valence electrons. The molecular formula is C13H20N2O3S. The second kappa shape index (κ2) is 6.06. The van der Waals surface area contributed by atoms with Gasteiger partial charge in [-0.1, -0.05) is 12.1 Å². The maximum Gasteiger partial charge on any atom is 0.232 e. The molecule has 0 aliphatic rings. The summed E-state index contributed by atoms with van der Waals surface area (Å²) in [6, 6.07) is 5.65. The quantitative estimate of drug-likeness (QED) is 0.856. The van der Waals surface area contributed by atoms with Gasteiger partial charge in [0.25, 0.3) is 0 Å². The Labute approximate surface area is 114 Å². The van der Waals surface area contributed by atoms with Gasteiger partial charge in [0.2, 0.25) is 15.9 Å². The van der Waals surface area contributed by atoms with Crippen LogP contribution in [-0.2, 0) is 14.8 Å². The molecule has 0 heterocycles. The third kappa shape index (κ3) is 4.55. The lowest BCUT2D eigenvalue weighted by Crippen LogP contribution is -2.32. The van der Waals surface area contributed by atoms with Crippen molar-refractivity contribution in [3.63, 3.8) is 0 Å². The van der Waals surface area contributed by atoms with Gasteiger partial charge in [0, 0.05) is 13.0 Å². The Kier molecular flexibility index (Phi) is 4.94. The predicted molar refractivity (Wildman–Crippen MR) is 76.5 cm³/mol. The van der Waals surface area contributed by atoms with Crippen LogP contribution in [0.3, 0.4) is 0 Å². The van der Waals surface area contributed by atoms with E-state index in [9.17, 15) is 13.2 Å². The molecule has 0 aliphatic carbocycles. The van der Waals surface area contributed by atoms with Gasteiger partial charge < -0.3 is 5.73 Å². The fraction of sp³-hybridized carbons (Fsp3) is 0.462. The number of hydrogen-bond acceptors (Lipinski definition) is 3. The molecule has 0 spiro atoms. The van der Waals surface area contributed by atoms with E-state index in [4.69, 9.17) is 5.73 Å². The number of carbonyl (C=O) groups is 1. The largest absolute Gasteiger partial charge is 0.370 e. The second-order valence-corrected chi connectivity index (χ2v) is 6.60. The molecule has 0 fully saturated rings. The van der Waals surface area contributed by atoms with Crippen molar-refractivity contribution in [2.45, 2.75) is 26.7 Å². The van der Waals surface area contributed by atoms with Crippen molar-refractivity contribution in [1.82, 2.24) is 0 Å². The molecular weight excluding hydrogens is 264 g/mol. The molecule has 1 rings (SSSR count). The fourth-order valence-corrected chi connectivity index (χ4v) is 2.86. The highest BCUT2D eigenvalue weighted by atomic mass is 32.2. The van der Waals surface area contributed by atoms with Crippen LogP contribution in [0.15, 0.2) is 18.2 Å². The Morgan fingerprint density at radius 2 is 1.95 bits per heavy atom. The van der Waals surface area contributed by atoms with E-state index in [1.54, 1.807) is 0 Å². The second-order valence-electron chi connectivity index (χ2n) is 4.69. The smallest absolute Gasteiger partial charge is 0.232 e. The minimum Gasteiger partial charge on any atom is -0.370 e. The first kappa shape index (κ1) is 15.5. The molecule has 0 saturated carbocycles. The number of rotatable bonds is 6. The van der Waals surface area contributed by atoms with E-state index in [0.29, 0.717) is 12.1 Å². The van der Waals surface area contributed by atoms with E-state index >= 15 is 0 Å². The Hall–Kier alpha value is -1.56. The number of nitrogens with two attached hydrogens (primary N) is 1. The minimum absolute atomic E-state index is 0.177. The summed E-state index contributed by atoms with van der Waals surface area (Å²) in [4.78, 5) is 10.7. The molecule has 1 aromatic carbocycles. The van der Waals surface area contributed by atoms with Crippen molar-refractivity contribution in [3.05, 3.63) is 29.3 Å². The molecule has 0 unspecified atom stereocenters. The van der Waals surface area contributed by atoms with Crippen molar-refractivity contribution in [1.29, 1.82) is 0 Å². The summed E-state index contributed by atoms with van der Waals surface area (Å²) in [5, 5.41) is 0. The zero-order chi connectivity index (χ0) is 14.6. The van der Waals surface area contributed by atoms with E-state index in [1.807, 2.05) is 32.0 Å². The highest BCUT2D eigenvalue weighted by molar-refractivity contribution is 7.92. The number of anilines is 1. The van der Waals surface area contributed by atoms with Crippen molar-refractivity contribution in [3.8, 4) is 0 Å². The standard InChI is InChI=1S/C13H20N2O3S/c1-10-6-7-11(2)12(9-10)15(19(3,17)18)8-4-5-13(14)16/h6-7,9H,4-5,8H2,1-3H3,(H2,14,16). The lowest BCUT2D eigenvalue weighted by Gasteiger charge is -2.24. The lowest BCUT2D eigenvalue weighted by atomic mass is 10.1. The molecule has 0 bridgehead atoms. The summed E-state index contributed by atoms with van der Waals surface area (Å²) in [7, 11) is -3.37. The molecule has 2 N–H and O–H groups in total. The van der Waals surface area contributed by atoms with E-state index < -0.39 is 15.9 Å². The molecule has 0 aromatic heterocycles. The van der Waals surface area contributed by atoms with Gasteiger partial charge >= 0.3 is 0 Å². The normalized spacial score (nSPS) is 11.3. The zero-order valence-electron chi connectivity index (χ0n) is 11.5. The minimum atomic E-state index is -3.37. The molecule has 1 aromatic rings. The number of nitrogens with zero attached hydrogens (tertiary/aromatic N) is 1. The van der Waals surface area contributed by atoms with E-state index in [1.165, 1.54) is 10.6 Å². The summed E-state index contributed by atoms with van der Waals surface area (Å²) < 4.78 is 25.1. The van der Waals surface area contributed by atoms with Crippen LogP contribution in [0.25, 0.3) is 0 Å². The molecule has 0 saturated heterocycles. The van der Waals surface area contributed by atoms with Crippen LogP contribution in [0.1, 0.15) is 24.0 Å². The van der Waals surface area contributed by atoms with E-state index in [2.05, 4.69) is 0 Å². The van der Waals surface area contributed by atoms with Crippen LogP contribution in [-0.4, -0.2) is 27.1 Å². The van der Waals surface area contributed by atoms with Gasteiger partial charge in [-0.15, -0.1) is 0 Å². The average Bonchev–Trinajstić information content (AvgIpc) is 2.26. The first-order chi connectivity index (χ1) is 8.71. The number of benzene rings is 1. The highest BCUT2D eigenvalue weighted by Gasteiger charge is 2.19. The van der Waals surface area contributed by atoms with Crippen LogP contribution in [0.2, 0.25) is 0 Å². The number of sulfonamides is 1. The average molecular weight is 284 g/mol. The maximum absolute atomic E-state index is 11.9. The zero-order valence-corrected chi connectivity index (χ0v) is 12.3. The first-order valence-corrected chi connectivity index (χ1v) is 7.90. The molecule has 5 nitrogen and oxygen atoms in total. The highest BCUT2D eigenvalue weighted by Crippen LogP contribution is 2.24. The van der Waals surface area contributed by atoms with Gasteiger partial charge in [-0.05, 0) is 37.5 Å². The summed E-state index contributed by atoms with van der Waals surface area (Å²) in [6.45, 7) is 4.03. The Balaban J connectivity index is 3.04. The monoisotopic (exact) mass is 284 g/mol. The third-order valence-electron chi connectivity index (χ3n) is 2.82. The number of aryl methyl sites for hydroxylation is 2. The Morgan fingerprint density at radius 1 is 1.32 bits per heavy atom. The van der Waals surface area contributed by atoms with Crippen molar-refractivity contribution in [2.75, 3.05) is 17.1 Å². The van der Waals surface area contributed by atoms with Crippen LogP contribution >= 0.6 is 0 Å². The van der Waals surface area contributed by atoms with Crippen molar-refractivity contribution >= 4 is 21.6 Å². The van der Waals surface area contributed by atoms with Gasteiger partial charge in [-0.2, -0.15) is 0 Å². The summed E-state index contributed by atoms with van der Waals surface area (Å²) >= 11 is 0. The summed E-state index contributed by atoms with van der Waals surface area (Å²) in [5.41, 5.74) is 7.61. The summed E-state index contributed by atoms with van der Waals surface area (Å²) in [5.74, 6) is -0.422. The van der Waals surface area contributed by atoms with Gasteiger partial charge in [0.05, 0.1) is 11.9 Å². The van der Waals surface area contributed by atoms with Crippen LogP contribution < -0.4 is 10.0 Å². The first-order valence-electron chi connectivity index (χ1n) is 6.05. The van der Waals surface area contributed by atoms with E-state index in [0.717, 1.165) is 11.1 Å². The summed E-state index contributed by atoms with van der Waals surface area (Å²) in [6.07, 6.45) is 1.76. The number of carbonyl (C=O) groups excluding carboxylic acids is 1. The SMILES string of the molecule is Cc1ccc(C)c(N(CCCC(N)=O)S(C)(=O)=O)c1. The van der Waals surface area contributed by atoms with Crippen molar-refractivity contribution in [2.24, 2.45) is 5.73 Å². The van der Waals surface area contributed by atoms with E-state index in [-0.39, 0.29) is 13.0 Å². The lowest BCUT2D eigenvalue weighted by molar-refractivity contribution is -0.118. The fourth-order valence-electron chi connectivity index (χ4n) is 1.85. The Morgan fingerprint density at radius 3 is 2.47 bits per heavy atom. The third-order valence-corrected chi connectivity index (χ3v) is 4.00. The number of amides is 1.